The molecule has 17 heavy (non-hydrogen) atoms. The van der Waals surface area contributed by atoms with Gasteiger partial charge in [-0.3, -0.25) is 4.79 Å². The van der Waals surface area contributed by atoms with Crippen molar-refractivity contribution in [3.05, 3.63) is 23.8 Å². The molecule has 1 atom stereocenters. The molecular formula is C12H19N3O2. The van der Waals surface area contributed by atoms with Gasteiger partial charge in [-0.15, -0.1) is 0 Å². The maximum atomic E-state index is 11.0. The fourth-order valence-corrected chi connectivity index (χ4v) is 1.62. The average Bonchev–Trinajstić information content (AvgIpc) is 2.28. The molecule has 0 aliphatic carbocycles. The van der Waals surface area contributed by atoms with Gasteiger partial charge in [0.05, 0.1) is 18.0 Å². The van der Waals surface area contributed by atoms with Crippen molar-refractivity contribution >= 4 is 17.3 Å². The highest BCUT2D eigenvalue weighted by molar-refractivity contribution is 5.94. The fourth-order valence-electron chi connectivity index (χ4n) is 1.62. The van der Waals surface area contributed by atoms with Crippen LogP contribution in [0.5, 0.6) is 0 Å². The van der Waals surface area contributed by atoms with Crippen LogP contribution in [0.1, 0.15) is 17.3 Å². The van der Waals surface area contributed by atoms with E-state index in [0.717, 1.165) is 5.69 Å². The molecule has 0 saturated heterocycles. The summed E-state index contributed by atoms with van der Waals surface area (Å²) in [5.41, 5.74) is 12.9. The molecule has 1 rings (SSSR count). The molecule has 0 aliphatic heterocycles. The van der Waals surface area contributed by atoms with E-state index >= 15 is 0 Å². The second kappa shape index (κ2) is 5.54. The quantitative estimate of drug-likeness (QED) is 0.743. The van der Waals surface area contributed by atoms with Crippen LogP contribution in [0.15, 0.2) is 18.2 Å². The molecule has 0 saturated carbocycles. The van der Waals surface area contributed by atoms with E-state index in [1.807, 2.05) is 18.9 Å². The number of nitrogen functional groups attached to an aromatic ring is 1. The number of amides is 1. The molecule has 0 aliphatic rings. The van der Waals surface area contributed by atoms with Crippen molar-refractivity contribution in [2.45, 2.75) is 13.0 Å². The number of nitrogens with two attached hydrogens (primary N) is 2. The van der Waals surface area contributed by atoms with Crippen LogP contribution in [0.2, 0.25) is 0 Å². The van der Waals surface area contributed by atoms with E-state index in [-0.39, 0.29) is 6.04 Å². The van der Waals surface area contributed by atoms with Crippen molar-refractivity contribution in [2.24, 2.45) is 5.73 Å². The van der Waals surface area contributed by atoms with Gasteiger partial charge in [-0.2, -0.15) is 0 Å². The molecule has 0 fully saturated rings. The summed E-state index contributed by atoms with van der Waals surface area (Å²) in [4.78, 5) is 13.0. The highest BCUT2D eigenvalue weighted by atomic mass is 16.5. The van der Waals surface area contributed by atoms with Gasteiger partial charge in [-0.05, 0) is 25.1 Å². The molecule has 0 spiro atoms. The third-order valence-corrected chi connectivity index (χ3v) is 2.76. The normalized spacial score (nSPS) is 12.2. The maximum absolute atomic E-state index is 11.0. The Morgan fingerprint density at radius 1 is 1.53 bits per heavy atom. The molecule has 5 heteroatoms. The van der Waals surface area contributed by atoms with Gasteiger partial charge in [0, 0.05) is 25.8 Å². The van der Waals surface area contributed by atoms with Crippen molar-refractivity contribution in [1.29, 1.82) is 0 Å². The second-order valence-corrected chi connectivity index (χ2v) is 4.05. The Morgan fingerprint density at radius 3 is 2.65 bits per heavy atom. The molecule has 0 heterocycles. The number of carbonyl (C=O) groups excluding carboxylic acids is 1. The van der Waals surface area contributed by atoms with Gasteiger partial charge < -0.3 is 21.1 Å². The molecule has 5 nitrogen and oxygen atoms in total. The molecular weight excluding hydrogens is 218 g/mol. The molecule has 94 valence electrons. The van der Waals surface area contributed by atoms with E-state index in [4.69, 9.17) is 16.2 Å². The highest BCUT2D eigenvalue weighted by Gasteiger charge is 2.13. The van der Waals surface area contributed by atoms with E-state index in [0.29, 0.717) is 17.9 Å². The summed E-state index contributed by atoms with van der Waals surface area (Å²) in [6.45, 7) is 2.64. The number of carbonyl (C=O) groups is 1. The zero-order valence-electron chi connectivity index (χ0n) is 10.4. The number of benzene rings is 1. The van der Waals surface area contributed by atoms with Crippen molar-refractivity contribution < 1.29 is 9.53 Å². The molecule has 0 bridgehead atoms. The molecule has 0 radical (unpaired) electrons. The standard InChI is InChI=1S/C12H19N3O2/c1-8(7-17-3)15(2)11-5-4-9(12(14)16)6-10(11)13/h4-6,8H,7,13H2,1-3H3,(H2,14,16). The number of ether oxygens (including phenoxy) is 1. The second-order valence-electron chi connectivity index (χ2n) is 4.05. The van der Waals surface area contributed by atoms with Crippen molar-refractivity contribution in [3.8, 4) is 0 Å². The number of anilines is 2. The van der Waals surface area contributed by atoms with Crippen LogP contribution in [0.25, 0.3) is 0 Å². The SMILES string of the molecule is COCC(C)N(C)c1ccc(C(N)=O)cc1N. The maximum Gasteiger partial charge on any atom is 0.248 e. The van der Waals surface area contributed by atoms with E-state index in [2.05, 4.69) is 0 Å². The van der Waals surface area contributed by atoms with Crippen LogP contribution in [-0.4, -0.2) is 32.7 Å². The van der Waals surface area contributed by atoms with Crippen LogP contribution in [0.4, 0.5) is 11.4 Å². The lowest BCUT2D eigenvalue weighted by Crippen LogP contribution is -2.33. The van der Waals surface area contributed by atoms with Crippen LogP contribution in [-0.2, 0) is 4.74 Å². The molecule has 1 unspecified atom stereocenters. The summed E-state index contributed by atoms with van der Waals surface area (Å²) in [7, 11) is 3.59. The van der Waals surface area contributed by atoms with E-state index in [9.17, 15) is 4.79 Å². The van der Waals surface area contributed by atoms with E-state index in [1.165, 1.54) is 0 Å². The van der Waals surface area contributed by atoms with Crippen LogP contribution in [0.3, 0.4) is 0 Å². The Hall–Kier alpha value is -1.75. The Kier molecular flexibility index (Phi) is 4.34. The highest BCUT2D eigenvalue weighted by Crippen LogP contribution is 2.24. The lowest BCUT2D eigenvalue weighted by atomic mass is 10.1. The number of nitrogens with zero attached hydrogens (tertiary/aromatic N) is 1. The van der Waals surface area contributed by atoms with Gasteiger partial charge in [0.2, 0.25) is 5.91 Å². The zero-order valence-corrected chi connectivity index (χ0v) is 10.4. The minimum Gasteiger partial charge on any atom is -0.397 e. The summed E-state index contributed by atoms with van der Waals surface area (Å²) >= 11 is 0. The molecule has 1 aromatic carbocycles. The number of hydrogen-bond acceptors (Lipinski definition) is 4. The average molecular weight is 237 g/mol. The monoisotopic (exact) mass is 237 g/mol. The summed E-state index contributed by atoms with van der Waals surface area (Å²) in [5.74, 6) is -0.476. The lowest BCUT2D eigenvalue weighted by molar-refractivity contribution is 0.100. The predicted molar refractivity (Wildman–Crippen MR) is 69.1 cm³/mol. The third-order valence-electron chi connectivity index (χ3n) is 2.76. The first-order chi connectivity index (χ1) is 7.97. The smallest absolute Gasteiger partial charge is 0.248 e. The third kappa shape index (κ3) is 3.10. The number of hydrogen-bond donors (Lipinski definition) is 2. The van der Waals surface area contributed by atoms with Crippen LogP contribution >= 0.6 is 0 Å². The summed E-state index contributed by atoms with van der Waals surface area (Å²) in [6, 6.07) is 5.25. The fraction of sp³-hybridized carbons (Fsp3) is 0.417. The Morgan fingerprint density at radius 2 is 2.18 bits per heavy atom. The van der Waals surface area contributed by atoms with Crippen LogP contribution in [0, 0.1) is 0 Å². The summed E-state index contributed by atoms with van der Waals surface area (Å²) in [6.07, 6.45) is 0. The van der Waals surface area contributed by atoms with E-state index < -0.39 is 5.91 Å². The predicted octanol–water partition coefficient (Wildman–Crippen LogP) is 0.839. The largest absolute Gasteiger partial charge is 0.397 e. The number of likely N-dealkylation sites (N-methyl/N-ethyl adjacent to an activating group) is 1. The summed E-state index contributed by atoms with van der Waals surface area (Å²) in [5, 5.41) is 0. The number of primary amides is 1. The van der Waals surface area contributed by atoms with Gasteiger partial charge in [0.15, 0.2) is 0 Å². The van der Waals surface area contributed by atoms with Gasteiger partial charge >= 0.3 is 0 Å². The lowest BCUT2D eigenvalue weighted by Gasteiger charge is -2.27. The first-order valence-corrected chi connectivity index (χ1v) is 5.38. The summed E-state index contributed by atoms with van der Waals surface area (Å²) < 4.78 is 5.09. The molecule has 4 N–H and O–H groups in total. The van der Waals surface area contributed by atoms with Gasteiger partial charge in [-0.1, -0.05) is 0 Å². The van der Waals surface area contributed by atoms with Crippen molar-refractivity contribution in [3.63, 3.8) is 0 Å². The topological polar surface area (TPSA) is 81.6 Å². The minimum absolute atomic E-state index is 0.196. The molecule has 1 amide bonds. The van der Waals surface area contributed by atoms with E-state index in [1.54, 1.807) is 25.3 Å². The van der Waals surface area contributed by atoms with Gasteiger partial charge in [-0.25, -0.2) is 0 Å². The minimum atomic E-state index is -0.476. The molecule has 1 aromatic rings. The Balaban J connectivity index is 2.95. The van der Waals surface area contributed by atoms with Gasteiger partial charge in [0.25, 0.3) is 0 Å². The van der Waals surface area contributed by atoms with Crippen LogP contribution < -0.4 is 16.4 Å². The van der Waals surface area contributed by atoms with Gasteiger partial charge in [0.1, 0.15) is 0 Å². The van der Waals surface area contributed by atoms with Crippen molar-refractivity contribution in [1.82, 2.24) is 0 Å². The number of rotatable bonds is 5. The molecule has 0 aromatic heterocycles. The Labute approximate surface area is 101 Å². The van der Waals surface area contributed by atoms with Crippen molar-refractivity contribution in [2.75, 3.05) is 31.4 Å². The zero-order chi connectivity index (χ0) is 13.0. The number of methoxy groups -OCH3 is 1. The first kappa shape index (κ1) is 13.3. The Bertz CT molecular complexity index is 407. The first-order valence-electron chi connectivity index (χ1n) is 5.38.